The molecule has 0 bridgehead atoms. The Labute approximate surface area is 127 Å². The van der Waals surface area contributed by atoms with Crippen LogP contribution in [0.3, 0.4) is 0 Å². The van der Waals surface area contributed by atoms with Crippen LogP contribution in [0.5, 0.6) is 0 Å². The van der Waals surface area contributed by atoms with E-state index in [2.05, 4.69) is 25.8 Å². The molecule has 0 aliphatic heterocycles. The number of nitrogens with one attached hydrogen (secondary N) is 3. The topological polar surface area (TPSA) is 82.7 Å². The third-order valence-electron chi connectivity index (χ3n) is 3.74. The molecule has 0 saturated heterocycles. The van der Waals surface area contributed by atoms with Crippen molar-refractivity contribution in [2.24, 2.45) is 0 Å². The smallest absolute Gasteiger partial charge is 0.315 e. The molecular formula is C15H18FN5O. The molecule has 1 fully saturated rings. The third-order valence-corrected chi connectivity index (χ3v) is 3.74. The summed E-state index contributed by atoms with van der Waals surface area (Å²) in [7, 11) is 0. The summed E-state index contributed by atoms with van der Waals surface area (Å²) in [6.45, 7) is 0.271. The van der Waals surface area contributed by atoms with Gasteiger partial charge >= 0.3 is 6.03 Å². The van der Waals surface area contributed by atoms with E-state index in [9.17, 15) is 9.18 Å². The van der Waals surface area contributed by atoms with E-state index in [-0.39, 0.29) is 24.4 Å². The lowest BCUT2D eigenvalue weighted by Crippen LogP contribution is -2.40. The van der Waals surface area contributed by atoms with Gasteiger partial charge in [-0.3, -0.25) is 5.10 Å². The lowest BCUT2D eigenvalue weighted by Gasteiger charge is -2.11. The number of rotatable bonds is 4. The van der Waals surface area contributed by atoms with Gasteiger partial charge in [-0.25, -0.2) is 14.2 Å². The standard InChI is InChI=1S/C15H18FN5O/c16-11-7-5-10(6-8-11)14-19-13(20-21-14)9-17-15(22)18-12-3-1-2-4-12/h5-8,12H,1-4,9H2,(H2,17,18,22)(H,19,20,21). The molecule has 0 spiro atoms. The average Bonchev–Trinajstić information content (AvgIpc) is 3.17. The number of nitrogens with zero attached hydrogens (tertiary/aromatic N) is 2. The summed E-state index contributed by atoms with van der Waals surface area (Å²) in [5, 5.41) is 12.5. The maximum Gasteiger partial charge on any atom is 0.315 e. The minimum absolute atomic E-state index is 0.188. The second-order valence-electron chi connectivity index (χ2n) is 5.42. The molecule has 7 heteroatoms. The normalized spacial score (nSPS) is 15.0. The molecule has 1 aromatic carbocycles. The molecule has 3 N–H and O–H groups in total. The number of benzene rings is 1. The molecule has 1 aliphatic carbocycles. The Balaban J connectivity index is 1.53. The first kappa shape index (κ1) is 14.5. The van der Waals surface area contributed by atoms with Crippen LogP contribution in [0.15, 0.2) is 24.3 Å². The Morgan fingerprint density at radius 3 is 2.73 bits per heavy atom. The van der Waals surface area contributed by atoms with Crippen LogP contribution in [0.4, 0.5) is 9.18 Å². The van der Waals surface area contributed by atoms with Gasteiger partial charge in [0, 0.05) is 11.6 Å². The molecule has 22 heavy (non-hydrogen) atoms. The van der Waals surface area contributed by atoms with Crippen molar-refractivity contribution in [1.29, 1.82) is 0 Å². The van der Waals surface area contributed by atoms with Crippen molar-refractivity contribution in [3.63, 3.8) is 0 Å². The summed E-state index contributed by atoms with van der Waals surface area (Å²) in [6, 6.07) is 6.04. The van der Waals surface area contributed by atoms with Crippen LogP contribution in [0.1, 0.15) is 31.5 Å². The van der Waals surface area contributed by atoms with Crippen molar-refractivity contribution in [3.05, 3.63) is 35.9 Å². The number of hydrogen-bond acceptors (Lipinski definition) is 3. The first-order valence-corrected chi connectivity index (χ1v) is 7.42. The first-order chi connectivity index (χ1) is 10.7. The minimum Gasteiger partial charge on any atom is -0.335 e. The maximum atomic E-state index is 12.9. The Bertz CT molecular complexity index is 634. The van der Waals surface area contributed by atoms with E-state index in [1.807, 2.05) is 0 Å². The summed E-state index contributed by atoms with van der Waals surface area (Å²) < 4.78 is 12.9. The highest BCUT2D eigenvalue weighted by atomic mass is 19.1. The molecule has 6 nitrogen and oxygen atoms in total. The number of carbonyl (C=O) groups excluding carboxylic acids is 1. The fourth-order valence-corrected chi connectivity index (χ4v) is 2.57. The number of hydrogen-bond donors (Lipinski definition) is 3. The van der Waals surface area contributed by atoms with Gasteiger partial charge in [-0.15, -0.1) is 0 Å². The molecule has 1 aromatic heterocycles. The van der Waals surface area contributed by atoms with Crippen LogP contribution in [-0.2, 0) is 6.54 Å². The zero-order valence-corrected chi connectivity index (χ0v) is 12.1. The molecule has 0 atom stereocenters. The summed E-state index contributed by atoms with van der Waals surface area (Å²) in [5.74, 6) is 0.735. The highest BCUT2D eigenvalue weighted by molar-refractivity contribution is 5.74. The van der Waals surface area contributed by atoms with E-state index in [1.54, 1.807) is 12.1 Å². The van der Waals surface area contributed by atoms with Crippen molar-refractivity contribution in [2.45, 2.75) is 38.3 Å². The minimum atomic E-state index is -0.301. The van der Waals surface area contributed by atoms with Crippen molar-refractivity contribution in [2.75, 3.05) is 0 Å². The second-order valence-corrected chi connectivity index (χ2v) is 5.42. The van der Waals surface area contributed by atoms with E-state index in [0.29, 0.717) is 11.6 Å². The number of aromatic amines is 1. The van der Waals surface area contributed by atoms with Gasteiger partial charge in [0.2, 0.25) is 0 Å². The van der Waals surface area contributed by atoms with E-state index in [4.69, 9.17) is 0 Å². The molecular weight excluding hydrogens is 285 g/mol. The first-order valence-electron chi connectivity index (χ1n) is 7.42. The second kappa shape index (κ2) is 6.55. The number of halogens is 1. The van der Waals surface area contributed by atoms with E-state index in [1.165, 1.54) is 25.0 Å². The molecule has 3 rings (SSSR count). The van der Waals surface area contributed by atoms with E-state index < -0.39 is 0 Å². The number of aromatic nitrogens is 3. The lowest BCUT2D eigenvalue weighted by atomic mass is 10.2. The van der Waals surface area contributed by atoms with Crippen LogP contribution >= 0.6 is 0 Å². The van der Waals surface area contributed by atoms with Crippen LogP contribution in [0, 0.1) is 5.82 Å². The van der Waals surface area contributed by atoms with Gasteiger partial charge < -0.3 is 10.6 Å². The van der Waals surface area contributed by atoms with E-state index in [0.717, 1.165) is 18.4 Å². The van der Waals surface area contributed by atoms with Crippen molar-refractivity contribution in [1.82, 2.24) is 25.8 Å². The SMILES string of the molecule is O=C(NCc1nc(-c2ccc(F)cc2)n[nH]1)NC1CCCC1. The van der Waals surface area contributed by atoms with Gasteiger partial charge in [0.15, 0.2) is 5.82 Å². The van der Waals surface area contributed by atoms with Gasteiger partial charge in [0.25, 0.3) is 0 Å². The van der Waals surface area contributed by atoms with Gasteiger partial charge in [-0.05, 0) is 37.1 Å². The van der Waals surface area contributed by atoms with Crippen molar-refractivity contribution < 1.29 is 9.18 Å². The van der Waals surface area contributed by atoms with Crippen LogP contribution < -0.4 is 10.6 Å². The highest BCUT2D eigenvalue weighted by Gasteiger charge is 2.17. The Morgan fingerprint density at radius 1 is 1.27 bits per heavy atom. The van der Waals surface area contributed by atoms with Gasteiger partial charge in [0.1, 0.15) is 11.6 Å². The molecule has 0 radical (unpaired) electrons. The molecule has 1 saturated carbocycles. The monoisotopic (exact) mass is 303 g/mol. The summed E-state index contributed by atoms with van der Waals surface area (Å²) in [5.41, 5.74) is 0.722. The van der Waals surface area contributed by atoms with Crippen LogP contribution in [-0.4, -0.2) is 27.3 Å². The lowest BCUT2D eigenvalue weighted by molar-refractivity contribution is 0.236. The van der Waals surface area contributed by atoms with Crippen LogP contribution in [0.25, 0.3) is 11.4 Å². The zero-order chi connectivity index (χ0) is 15.4. The molecule has 0 unspecified atom stereocenters. The Morgan fingerprint density at radius 2 is 2.00 bits per heavy atom. The molecule has 2 amide bonds. The maximum absolute atomic E-state index is 12.9. The number of urea groups is 1. The van der Waals surface area contributed by atoms with Crippen molar-refractivity contribution >= 4 is 6.03 Å². The summed E-state index contributed by atoms with van der Waals surface area (Å²) in [4.78, 5) is 16.0. The Kier molecular flexibility index (Phi) is 4.32. The molecule has 1 aliphatic rings. The fraction of sp³-hybridized carbons (Fsp3) is 0.400. The van der Waals surface area contributed by atoms with Crippen LogP contribution in [0.2, 0.25) is 0 Å². The predicted octanol–water partition coefficient (Wildman–Crippen LogP) is 2.35. The number of carbonyl (C=O) groups is 1. The summed E-state index contributed by atoms with van der Waals surface area (Å²) in [6.07, 6.45) is 4.44. The average molecular weight is 303 g/mol. The third kappa shape index (κ3) is 3.60. The Hall–Kier alpha value is -2.44. The number of H-pyrrole nitrogens is 1. The van der Waals surface area contributed by atoms with Gasteiger partial charge in [-0.1, -0.05) is 12.8 Å². The van der Waals surface area contributed by atoms with E-state index >= 15 is 0 Å². The molecule has 1 heterocycles. The van der Waals surface area contributed by atoms with Gasteiger partial charge in [0.05, 0.1) is 6.54 Å². The fourth-order valence-electron chi connectivity index (χ4n) is 2.57. The number of amides is 2. The largest absolute Gasteiger partial charge is 0.335 e. The molecule has 116 valence electrons. The molecule has 2 aromatic rings. The van der Waals surface area contributed by atoms with Crippen molar-refractivity contribution in [3.8, 4) is 11.4 Å². The quantitative estimate of drug-likeness (QED) is 0.811. The van der Waals surface area contributed by atoms with Gasteiger partial charge in [-0.2, -0.15) is 5.10 Å². The predicted molar refractivity (Wildman–Crippen MR) is 79.4 cm³/mol. The zero-order valence-electron chi connectivity index (χ0n) is 12.1. The highest BCUT2D eigenvalue weighted by Crippen LogP contribution is 2.17. The summed E-state index contributed by atoms with van der Waals surface area (Å²) >= 11 is 0.